The van der Waals surface area contributed by atoms with Gasteiger partial charge < -0.3 is 18.1 Å². The summed E-state index contributed by atoms with van der Waals surface area (Å²) in [4.78, 5) is 0. The number of hydrogen-bond acceptors (Lipinski definition) is 4. The number of rotatable bonds is 6. The van der Waals surface area contributed by atoms with E-state index in [-0.39, 0.29) is 0 Å². The first-order chi connectivity index (χ1) is 5.24. The first kappa shape index (κ1) is 11.7. The summed E-state index contributed by atoms with van der Waals surface area (Å²) in [6, 6.07) is 0. The molecule has 0 amide bonds. The molecule has 0 aliphatic heterocycles. The lowest BCUT2D eigenvalue weighted by atomic mass is 11.7. The molecule has 11 heavy (non-hydrogen) atoms. The van der Waals surface area contributed by atoms with Crippen molar-refractivity contribution in [3.8, 4) is 0 Å². The van der Waals surface area contributed by atoms with Crippen LogP contribution in [0.3, 0.4) is 0 Å². The lowest BCUT2D eigenvalue weighted by molar-refractivity contribution is 0.281. The highest BCUT2D eigenvalue weighted by molar-refractivity contribution is 7.49. The van der Waals surface area contributed by atoms with Crippen LogP contribution in [0.15, 0.2) is 0 Å². The van der Waals surface area contributed by atoms with Crippen molar-refractivity contribution in [1.82, 2.24) is 0 Å². The van der Waals surface area contributed by atoms with Crippen molar-refractivity contribution in [2.24, 2.45) is 0 Å². The van der Waals surface area contributed by atoms with Gasteiger partial charge in [-0.15, -0.1) is 0 Å². The Bertz CT molecular complexity index is 88.6. The van der Waals surface area contributed by atoms with Gasteiger partial charge in [0, 0.05) is 28.0 Å². The Morgan fingerprint density at radius 1 is 1.00 bits per heavy atom. The van der Waals surface area contributed by atoms with E-state index in [2.05, 4.69) is 0 Å². The van der Waals surface area contributed by atoms with Crippen LogP contribution in [0.4, 0.5) is 0 Å². The zero-order valence-corrected chi connectivity index (χ0v) is 9.02. The Kier molecular flexibility index (Phi) is 7.82. The third kappa shape index (κ3) is 5.92. The van der Waals surface area contributed by atoms with Crippen LogP contribution in [-0.4, -0.2) is 34.3 Å². The maximum absolute atomic E-state index is 5.26. The largest absolute Gasteiger partial charge is 0.338 e. The smallest absolute Gasteiger partial charge is 0.198 e. The molecule has 0 radical (unpaired) electrons. The SMILES string of the molecule is COP(C)OCP(OC)OC. The summed E-state index contributed by atoms with van der Waals surface area (Å²) < 4.78 is 20.1. The predicted molar refractivity (Wildman–Crippen MR) is 46.7 cm³/mol. The fraction of sp³-hybridized carbons (Fsp3) is 1.00. The normalized spacial score (nSPS) is 13.9. The van der Waals surface area contributed by atoms with Gasteiger partial charge in [0.25, 0.3) is 0 Å². The minimum Gasteiger partial charge on any atom is -0.338 e. The first-order valence-electron chi connectivity index (χ1n) is 3.01. The fourth-order valence-corrected chi connectivity index (χ4v) is 1.85. The Labute approximate surface area is 70.0 Å². The Balaban J connectivity index is 3.34. The van der Waals surface area contributed by atoms with Gasteiger partial charge in [-0.25, -0.2) is 0 Å². The van der Waals surface area contributed by atoms with Crippen LogP contribution in [0, 0.1) is 0 Å². The molecule has 1 unspecified atom stereocenters. The lowest BCUT2D eigenvalue weighted by Gasteiger charge is -2.14. The van der Waals surface area contributed by atoms with Gasteiger partial charge in [-0.05, 0) is 0 Å². The third-order valence-corrected chi connectivity index (χ3v) is 3.37. The van der Waals surface area contributed by atoms with E-state index in [1.54, 1.807) is 21.3 Å². The van der Waals surface area contributed by atoms with Gasteiger partial charge in [-0.1, -0.05) is 0 Å². The van der Waals surface area contributed by atoms with E-state index in [9.17, 15) is 0 Å². The van der Waals surface area contributed by atoms with E-state index in [1.807, 2.05) is 6.66 Å². The van der Waals surface area contributed by atoms with Gasteiger partial charge in [0.15, 0.2) is 16.8 Å². The van der Waals surface area contributed by atoms with Crippen molar-refractivity contribution < 1.29 is 18.1 Å². The summed E-state index contributed by atoms with van der Waals surface area (Å²) in [5.74, 6) is 0. The molecule has 0 aromatic carbocycles. The molecule has 4 nitrogen and oxygen atoms in total. The van der Waals surface area contributed by atoms with Gasteiger partial charge in [-0.2, -0.15) is 0 Å². The van der Waals surface area contributed by atoms with Gasteiger partial charge >= 0.3 is 0 Å². The molecule has 0 spiro atoms. The molecular weight excluding hydrogens is 186 g/mol. The summed E-state index contributed by atoms with van der Waals surface area (Å²) in [5, 5.41) is 0. The molecule has 0 fully saturated rings. The molecule has 68 valence electrons. The maximum atomic E-state index is 5.26. The van der Waals surface area contributed by atoms with E-state index in [0.717, 1.165) is 0 Å². The lowest BCUT2D eigenvalue weighted by Crippen LogP contribution is -1.92. The summed E-state index contributed by atoms with van der Waals surface area (Å²) in [5.41, 5.74) is 0. The fourth-order valence-electron chi connectivity index (χ4n) is 0.361. The van der Waals surface area contributed by atoms with Gasteiger partial charge in [-0.3, -0.25) is 0 Å². The number of hydrogen-bond donors (Lipinski definition) is 0. The average molecular weight is 200 g/mol. The molecule has 1 atom stereocenters. The molecule has 0 aliphatic carbocycles. The minimum atomic E-state index is -0.880. The molecule has 0 rings (SSSR count). The molecule has 0 aromatic rings. The first-order valence-corrected chi connectivity index (χ1v) is 5.99. The van der Waals surface area contributed by atoms with Crippen LogP contribution >= 0.6 is 16.8 Å². The average Bonchev–Trinajstić information content (AvgIpc) is 2.06. The molecule has 0 aliphatic rings. The van der Waals surface area contributed by atoms with Crippen molar-refractivity contribution in [2.45, 2.75) is 0 Å². The summed E-state index contributed by atoms with van der Waals surface area (Å²) >= 11 is 0. The molecule has 0 aromatic heterocycles. The third-order valence-electron chi connectivity index (χ3n) is 1.01. The highest BCUT2D eigenvalue weighted by Gasteiger charge is 2.08. The second-order valence-electron chi connectivity index (χ2n) is 1.58. The maximum Gasteiger partial charge on any atom is 0.198 e. The topological polar surface area (TPSA) is 36.9 Å². The van der Waals surface area contributed by atoms with Crippen molar-refractivity contribution in [3.05, 3.63) is 0 Å². The monoisotopic (exact) mass is 200 g/mol. The van der Waals surface area contributed by atoms with E-state index in [1.165, 1.54) is 0 Å². The predicted octanol–water partition coefficient (Wildman–Crippen LogP) is 2.15. The van der Waals surface area contributed by atoms with Crippen LogP contribution in [0.5, 0.6) is 0 Å². The van der Waals surface area contributed by atoms with Gasteiger partial charge in [0.2, 0.25) is 0 Å². The standard InChI is InChI=1S/C5H14O4P2/c1-6-10(4)9-5-11(7-2)8-3/h5H2,1-4H3. The van der Waals surface area contributed by atoms with Gasteiger partial charge in [0.1, 0.15) is 6.35 Å². The molecule has 0 heterocycles. The van der Waals surface area contributed by atoms with Crippen molar-refractivity contribution in [2.75, 3.05) is 34.3 Å². The molecular formula is C5H14O4P2. The zero-order chi connectivity index (χ0) is 8.69. The Hall–Kier alpha value is 0.700. The summed E-state index contributed by atoms with van der Waals surface area (Å²) in [6.45, 7) is 1.88. The van der Waals surface area contributed by atoms with E-state index in [0.29, 0.717) is 6.35 Å². The Morgan fingerprint density at radius 3 is 1.91 bits per heavy atom. The second kappa shape index (κ2) is 7.35. The van der Waals surface area contributed by atoms with E-state index >= 15 is 0 Å². The zero-order valence-electron chi connectivity index (χ0n) is 7.23. The second-order valence-corrected chi connectivity index (χ2v) is 4.74. The van der Waals surface area contributed by atoms with Crippen LogP contribution in [0.1, 0.15) is 0 Å². The van der Waals surface area contributed by atoms with Crippen LogP contribution in [-0.2, 0) is 18.1 Å². The summed E-state index contributed by atoms with van der Waals surface area (Å²) in [7, 11) is 3.17. The Morgan fingerprint density at radius 2 is 1.55 bits per heavy atom. The quantitative estimate of drug-likeness (QED) is 0.615. The van der Waals surface area contributed by atoms with E-state index in [4.69, 9.17) is 18.1 Å². The molecule has 6 heteroatoms. The van der Waals surface area contributed by atoms with Gasteiger partial charge in [0.05, 0.1) is 0 Å². The molecule has 0 saturated heterocycles. The van der Waals surface area contributed by atoms with Crippen molar-refractivity contribution >= 4 is 16.8 Å². The van der Waals surface area contributed by atoms with Crippen molar-refractivity contribution in [1.29, 1.82) is 0 Å². The summed E-state index contributed by atoms with van der Waals surface area (Å²) in [6.07, 6.45) is 0.471. The van der Waals surface area contributed by atoms with E-state index < -0.39 is 16.8 Å². The van der Waals surface area contributed by atoms with Crippen LogP contribution in [0.25, 0.3) is 0 Å². The molecule has 0 bridgehead atoms. The van der Waals surface area contributed by atoms with Crippen LogP contribution < -0.4 is 0 Å². The molecule has 0 N–H and O–H groups in total. The molecule has 0 saturated carbocycles. The minimum absolute atomic E-state index is 0.471. The van der Waals surface area contributed by atoms with Crippen LogP contribution in [0.2, 0.25) is 0 Å². The highest BCUT2D eigenvalue weighted by atomic mass is 31.2. The van der Waals surface area contributed by atoms with Crippen molar-refractivity contribution in [3.63, 3.8) is 0 Å². The highest BCUT2D eigenvalue weighted by Crippen LogP contribution is 2.42.